The fraction of sp³-hybridized carbons (Fsp3) is 0.514. The molecule has 6 fully saturated rings. The summed E-state index contributed by atoms with van der Waals surface area (Å²) in [6, 6.07) is 16.0. The van der Waals surface area contributed by atoms with Gasteiger partial charge in [-0.3, -0.25) is 14.5 Å². The number of likely N-dealkylation sites (tertiary alicyclic amines) is 3. The highest BCUT2D eigenvalue weighted by Gasteiger charge is 2.49. The predicted molar refractivity (Wildman–Crippen MR) is 362 cm³/mol. The molecule has 98 heavy (non-hydrogen) atoms. The number of anilines is 1. The second-order valence-corrected chi connectivity index (χ2v) is 29.4. The van der Waals surface area contributed by atoms with E-state index in [2.05, 4.69) is 31.6 Å². The number of hydrogen-bond acceptors (Lipinski definition) is 18. The van der Waals surface area contributed by atoms with E-state index >= 15 is 4.39 Å². The number of piperidine rings is 1. The van der Waals surface area contributed by atoms with Gasteiger partial charge in [0.2, 0.25) is 11.8 Å². The zero-order chi connectivity index (χ0) is 68.4. The van der Waals surface area contributed by atoms with Crippen molar-refractivity contribution in [2.45, 2.75) is 179 Å². The van der Waals surface area contributed by atoms with E-state index in [1.165, 1.54) is 27.0 Å². The minimum atomic E-state index is -2.46. The van der Waals surface area contributed by atoms with Crippen LogP contribution in [-0.2, 0) is 25.7 Å². The summed E-state index contributed by atoms with van der Waals surface area (Å²) in [5.41, 5.74) is 9.26. The molecule has 1 saturated carbocycles. The molecule has 2 bridgehead atoms. The number of ether oxygens (including phenoxy) is 4. The summed E-state index contributed by atoms with van der Waals surface area (Å²) in [6.45, 7) is 14.5. The second-order valence-electron chi connectivity index (χ2n) is 28.5. The minimum absolute atomic E-state index is 0.0120. The van der Waals surface area contributed by atoms with Gasteiger partial charge in [-0.15, -0.1) is 16.4 Å². The number of carbonyl (C=O) groups excluding carboxylic acids is 3. The van der Waals surface area contributed by atoms with Gasteiger partial charge in [0.15, 0.2) is 12.0 Å². The van der Waals surface area contributed by atoms with E-state index in [4.69, 9.17) is 34.0 Å². The molecule has 1 aliphatic carbocycles. The number of nitrogens with one attached hydrogen (secondary N) is 1. The van der Waals surface area contributed by atoms with E-state index in [-0.39, 0.29) is 81.1 Å². The summed E-state index contributed by atoms with van der Waals surface area (Å²) in [5.74, 6) is -0.577. The number of rotatable bonds is 20. The molecule has 14 rings (SSSR count). The monoisotopic (exact) mass is 1360 g/mol. The lowest BCUT2D eigenvalue weighted by Gasteiger charge is -2.36. The largest absolute Gasteiger partial charge is 0.486 e. The van der Waals surface area contributed by atoms with Gasteiger partial charge in [0, 0.05) is 79.3 Å². The van der Waals surface area contributed by atoms with E-state index in [9.17, 15) is 33.4 Å². The van der Waals surface area contributed by atoms with Crippen LogP contribution >= 0.6 is 11.3 Å². The molecule has 6 aliphatic rings. The first-order valence-corrected chi connectivity index (χ1v) is 35.2. The molecule has 9 heterocycles. The highest BCUT2D eigenvalue weighted by Crippen LogP contribution is 2.54. The molecule has 8 aromatic rings. The molecule has 518 valence electrons. The normalized spacial score (nSPS) is 21.5. The molecular formula is C72H84F3N13O9S. The van der Waals surface area contributed by atoms with Gasteiger partial charge in [-0.05, 0) is 132 Å². The molecule has 5 saturated heterocycles. The van der Waals surface area contributed by atoms with Gasteiger partial charge in [0.25, 0.3) is 6.43 Å². The Labute approximate surface area is 570 Å². The summed E-state index contributed by atoms with van der Waals surface area (Å²) in [5, 5.41) is 39.8. The second kappa shape index (κ2) is 27.4. The number of β-amino-alcohol motifs (C(OH)–C–C–N with tert-alkyl or cyclic N) is 1. The maximum absolute atomic E-state index is 17.1. The molecule has 4 aromatic carbocycles. The molecular weight excluding hydrogens is 1280 g/mol. The standard InChI is InChI=1S/C72H84F3N13O9S/c1-39(2)64(69(92)86-33-49(90)27-58(86)68(91)78-56(36-89)45-17-19-46(20-18-45)66-41(4)76-38-98-66)87-34-55(81-82-87)44-13-11-42(12-14-44)37-95-65-62(61-40(3)54(73)29-57-53(61)30-77-88(57)60-10-8-9-25-94-60)51(43-15-16-43)28-52-63(65)79-70(96-50-21-23-83(24-22-50)35-59(74)75)80-67(52)84-31-48-26-47(84)32-85(48)71(93)97-72(5,6)7/h11-14,17-20,28-30,34,38-39,43,47-50,56,58-60,64,89-90H,8-10,15-16,21-27,31-33,35-37H2,1-7H3,(H,78,91)/t47-,48-,49+,56-,58-,60?,64-/m0/s1. The molecule has 7 atom stereocenters. The molecule has 22 nitrogen and oxygen atoms in total. The molecule has 3 amide bonds. The van der Waals surface area contributed by atoms with Gasteiger partial charge in [0.05, 0.1) is 71.4 Å². The third kappa shape index (κ3) is 13.5. The van der Waals surface area contributed by atoms with E-state index in [1.807, 2.05) is 90.1 Å². The van der Waals surface area contributed by atoms with Crippen molar-refractivity contribution in [3.63, 3.8) is 0 Å². The third-order valence-corrected chi connectivity index (χ3v) is 21.0. The summed E-state index contributed by atoms with van der Waals surface area (Å²) in [4.78, 5) is 65.7. The van der Waals surface area contributed by atoms with Gasteiger partial charge in [-0.2, -0.15) is 15.1 Å². The Morgan fingerprint density at radius 1 is 0.878 bits per heavy atom. The van der Waals surface area contributed by atoms with Crippen LogP contribution in [0.3, 0.4) is 0 Å². The van der Waals surface area contributed by atoms with Crippen LogP contribution in [-0.4, -0.2) is 177 Å². The number of carbonyl (C=O) groups is 3. The van der Waals surface area contributed by atoms with Gasteiger partial charge in [0.1, 0.15) is 53.2 Å². The van der Waals surface area contributed by atoms with E-state index in [0.717, 1.165) is 64.8 Å². The number of alkyl halides is 2. The van der Waals surface area contributed by atoms with Crippen LogP contribution in [0, 0.1) is 25.6 Å². The SMILES string of the molecule is Cc1ncsc1-c1ccc([C@H](CO)NC(=O)[C@@H]2C[C@@H](O)CN2C(=O)[C@H](C(C)C)n2cc(-c3ccc(COc4c(-c5c(C)c(F)cc6c5cnn6C5CCCCO5)c(C5CC5)cc5c(N6C[C@@H]7C[C@H]6CN7C(=O)OC(C)(C)C)nc(OC6CCN(CC(F)F)CC6)nc45)cc3)nn2)cc1. The molecule has 3 N–H and O–H groups in total. The number of halogens is 3. The van der Waals surface area contributed by atoms with Gasteiger partial charge >= 0.3 is 12.1 Å². The maximum atomic E-state index is 17.1. The first-order valence-electron chi connectivity index (χ1n) is 34.3. The Hall–Kier alpha value is -8.30. The van der Waals surface area contributed by atoms with Crippen molar-refractivity contribution in [1.29, 1.82) is 0 Å². The Kier molecular flexibility index (Phi) is 18.7. The van der Waals surface area contributed by atoms with Crippen LogP contribution in [0.2, 0.25) is 0 Å². The number of nitrogens with zero attached hydrogens (tertiary/aromatic N) is 12. The molecule has 26 heteroatoms. The van der Waals surface area contributed by atoms with Crippen LogP contribution in [0.5, 0.6) is 11.8 Å². The Morgan fingerprint density at radius 2 is 1.64 bits per heavy atom. The van der Waals surface area contributed by atoms with Crippen LogP contribution in [0.1, 0.15) is 145 Å². The smallest absolute Gasteiger partial charge is 0.410 e. The third-order valence-electron chi connectivity index (χ3n) is 20.1. The van der Waals surface area contributed by atoms with Crippen molar-refractivity contribution < 1.29 is 56.7 Å². The minimum Gasteiger partial charge on any atom is -0.486 e. The molecule has 5 aliphatic heterocycles. The number of fused-ring (bicyclic) bond motifs is 4. The van der Waals surface area contributed by atoms with Crippen LogP contribution in [0.15, 0.2) is 78.6 Å². The Bertz CT molecular complexity index is 4260. The average Bonchev–Trinajstić information content (AvgIpc) is 1.38. The Balaban J connectivity index is 0.787. The number of benzene rings is 4. The van der Waals surface area contributed by atoms with E-state index < -0.39 is 53.9 Å². The van der Waals surface area contributed by atoms with Crippen LogP contribution in [0.25, 0.3) is 54.6 Å². The number of amides is 3. The molecule has 1 unspecified atom stereocenters. The van der Waals surface area contributed by atoms with Gasteiger partial charge < -0.3 is 49.2 Å². The molecule has 0 radical (unpaired) electrons. The zero-order valence-electron chi connectivity index (χ0n) is 56.2. The number of aryl methyl sites for hydroxylation is 1. The van der Waals surface area contributed by atoms with Crippen molar-refractivity contribution in [2.24, 2.45) is 5.92 Å². The lowest BCUT2D eigenvalue weighted by molar-refractivity contribution is -0.142. The zero-order valence-corrected chi connectivity index (χ0v) is 57.1. The van der Waals surface area contributed by atoms with Gasteiger partial charge in [-0.1, -0.05) is 67.6 Å². The fourth-order valence-electron chi connectivity index (χ4n) is 15.0. The summed E-state index contributed by atoms with van der Waals surface area (Å²) in [6.07, 6.45) is 4.92. The van der Waals surface area contributed by atoms with Crippen molar-refractivity contribution in [3.05, 3.63) is 112 Å². The highest BCUT2D eigenvalue weighted by atomic mass is 32.1. The summed E-state index contributed by atoms with van der Waals surface area (Å²) in [7, 11) is 0. The highest BCUT2D eigenvalue weighted by molar-refractivity contribution is 7.13. The van der Waals surface area contributed by atoms with Crippen molar-refractivity contribution >= 4 is 56.9 Å². The topological polar surface area (TPSA) is 241 Å². The lowest BCUT2D eigenvalue weighted by atomic mass is 9.88. The summed E-state index contributed by atoms with van der Waals surface area (Å²) < 4.78 is 73.8. The van der Waals surface area contributed by atoms with Crippen molar-refractivity contribution in [3.8, 4) is 44.6 Å². The lowest BCUT2D eigenvalue weighted by Crippen LogP contribution is -2.50. The quantitative estimate of drug-likeness (QED) is 0.0642. The predicted octanol–water partition coefficient (Wildman–Crippen LogP) is 11.3. The number of aromatic nitrogens is 8. The van der Waals surface area contributed by atoms with E-state index in [1.54, 1.807) is 39.3 Å². The number of aliphatic hydroxyl groups is 2. The molecule has 4 aromatic heterocycles. The van der Waals surface area contributed by atoms with Gasteiger partial charge in [-0.25, -0.2) is 32.3 Å². The molecule has 0 spiro atoms. The Morgan fingerprint density at radius 3 is 2.31 bits per heavy atom. The van der Waals surface area contributed by atoms with Crippen molar-refractivity contribution in [2.75, 3.05) is 57.4 Å². The summed E-state index contributed by atoms with van der Waals surface area (Å²) >= 11 is 1.53. The number of thiazole rings is 1. The number of aliphatic hydroxyl groups excluding tert-OH is 2. The van der Waals surface area contributed by atoms with Crippen LogP contribution in [0.4, 0.5) is 23.8 Å². The maximum Gasteiger partial charge on any atom is 0.410 e. The number of piperazine rings is 1. The number of hydrogen-bond donors (Lipinski definition) is 3. The van der Waals surface area contributed by atoms with Crippen LogP contribution < -0.4 is 19.7 Å². The van der Waals surface area contributed by atoms with E-state index in [0.29, 0.717) is 114 Å². The fourth-order valence-corrected chi connectivity index (χ4v) is 15.8. The average molecular weight is 1360 g/mol. The first kappa shape index (κ1) is 66.9. The van der Waals surface area contributed by atoms with Crippen molar-refractivity contribution in [1.82, 2.24) is 59.7 Å². The first-order chi connectivity index (χ1) is 47.1.